The third-order valence-electron chi connectivity index (χ3n) is 4.59. The largest absolute Gasteiger partial charge is 0.361 e. The number of nitrogens with one attached hydrogen (secondary N) is 3. The van der Waals surface area contributed by atoms with Gasteiger partial charge in [0.05, 0.1) is 0 Å². The first-order valence-corrected chi connectivity index (χ1v) is 9.16. The van der Waals surface area contributed by atoms with Crippen LogP contribution in [0.15, 0.2) is 54.7 Å². The molecule has 1 aromatic heterocycles. The third-order valence-corrected chi connectivity index (χ3v) is 4.84. The van der Waals surface area contributed by atoms with Crippen LogP contribution in [0.25, 0.3) is 10.9 Å². The van der Waals surface area contributed by atoms with Crippen molar-refractivity contribution >= 4 is 40.0 Å². The molecule has 1 heterocycles. The van der Waals surface area contributed by atoms with Crippen molar-refractivity contribution in [3.05, 3.63) is 65.3 Å². The lowest BCUT2D eigenvalue weighted by Crippen LogP contribution is -2.45. The Balaban J connectivity index is 1.57. The van der Waals surface area contributed by atoms with E-state index in [1.165, 1.54) is 0 Å². The number of benzene rings is 2. The van der Waals surface area contributed by atoms with E-state index in [1.807, 2.05) is 30.5 Å². The van der Waals surface area contributed by atoms with Crippen LogP contribution in [0.2, 0.25) is 5.02 Å². The molecule has 27 heavy (non-hydrogen) atoms. The van der Waals surface area contributed by atoms with E-state index in [-0.39, 0.29) is 11.8 Å². The van der Waals surface area contributed by atoms with E-state index in [4.69, 9.17) is 11.6 Å². The number of hydrogen-bond acceptors (Lipinski definition) is 2. The fraction of sp³-hybridized carbons (Fsp3) is 0.238. The summed E-state index contributed by atoms with van der Waals surface area (Å²) in [6, 6.07) is 14.8. The highest BCUT2D eigenvalue weighted by Gasteiger charge is 2.35. The maximum Gasteiger partial charge on any atom is 0.239 e. The Morgan fingerprint density at radius 3 is 2.48 bits per heavy atom. The SMILES string of the molecule is CC(C)(C(=O)NCCc1c[nH]c2ccccc12)C(=O)Nc1ccc(Cl)cc1. The van der Waals surface area contributed by atoms with Gasteiger partial charge in [0.2, 0.25) is 11.8 Å². The van der Waals surface area contributed by atoms with E-state index in [0.29, 0.717) is 23.7 Å². The number of anilines is 1. The molecule has 0 aliphatic rings. The van der Waals surface area contributed by atoms with Gasteiger partial charge in [0.25, 0.3) is 0 Å². The van der Waals surface area contributed by atoms with Gasteiger partial charge in [-0.3, -0.25) is 9.59 Å². The number of fused-ring (bicyclic) bond motifs is 1. The summed E-state index contributed by atoms with van der Waals surface area (Å²) in [6.45, 7) is 3.68. The van der Waals surface area contributed by atoms with Crippen LogP contribution in [0, 0.1) is 5.41 Å². The van der Waals surface area contributed by atoms with Gasteiger partial charge in [0.1, 0.15) is 5.41 Å². The Morgan fingerprint density at radius 2 is 1.74 bits per heavy atom. The average molecular weight is 384 g/mol. The van der Waals surface area contributed by atoms with E-state index >= 15 is 0 Å². The van der Waals surface area contributed by atoms with Crippen molar-refractivity contribution in [2.24, 2.45) is 5.41 Å². The number of aromatic nitrogens is 1. The Kier molecular flexibility index (Phi) is 5.51. The second-order valence-corrected chi connectivity index (χ2v) is 7.39. The highest BCUT2D eigenvalue weighted by atomic mass is 35.5. The summed E-state index contributed by atoms with van der Waals surface area (Å²) in [7, 11) is 0. The normalized spacial score (nSPS) is 11.4. The van der Waals surface area contributed by atoms with Crippen LogP contribution in [0.1, 0.15) is 19.4 Å². The smallest absolute Gasteiger partial charge is 0.239 e. The minimum atomic E-state index is -1.19. The van der Waals surface area contributed by atoms with E-state index in [2.05, 4.69) is 15.6 Å². The van der Waals surface area contributed by atoms with E-state index < -0.39 is 5.41 Å². The molecule has 0 radical (unpaired) electrons. The lowest BCUT2D eigenvalue weighted by Gasteiger charge is -2.22. The number of carbonyl (C=O) groups is 2. The van der Waals surface area contributed by atoms with Gasteiger partial charge in [0, 0.05) is 34.4 Å². The number of H-pyrrole nitrogens is 1. The summed E-state index contributed by atoms with van der Waals surface area (Å²) in [5.74, 6) is -0.678. The van der Waals surface area contributed by atoms with E-state index in [1.54, 1.807) is 38.1 Å². The molecule has 0 fully saturated rings. The predicted octanol–water partition coefficient (Wildman–Crippen LogP) is 4.14. The number of hydrogen-bond donors (Lipinski definition) is 3. The Hall–Kier alpha value is -2.79. The number of para-hydroxylation sites is 1. The number of amides is 2. The molecule has 3 aromatic rings. The lowest BCUT2D eigenvalue weighted by molar-refractivity contribution is -0.138. The molecule has 0 aliphatic carbocycles. The minimum absolute atomic E-state index is 0.311. The second-order valence-electron chi connectivity index (χ2n) is 6.95. The summed E-state index contributed by atoms with van der Waals surface area (Å²) < 4.78 is 0. The van der Waals surface area contributed by atoms with Gasteiger partial charge < -0.3 is 15.6 Å². The van der Waals surface area contributed by atoms with Crippen LogP contribution in [0.3, 0.4) is 0 Å². The molecule has 0 bridgehead atoms. The first kappa shape index (κ1) is 19.0. The Morgan fingerprint density at radius 1 is 1.04 bits per heavy atom. The number of aromatic amines is 1. The molecule has 140 valence electrons. The van der Waals surface area contributed by atoms with Gasteiger partial charge in [-0.2, -0.15) is 0 Å². The Labute approximate surface area is 163 Å². The standard InChI is InChI=1S/C21H22ClN3O2/c1-21(2,20(27)25-16-9-7-15(22)8-10-16)19(26)23-12-11-14-13-24-18-6-4-3-5-17(14)18/h3-10,13,24H,11-12H2,1-2H3,(H,23,26)(H,25,27). The molecule has 0 atom stereocenters. The van der Waals surface area contributed by atoms with Crippen molar-refractivity contribution in [2.75, 3.05) is 11.9 Å². The topological polar surface area (TPSA) is 74.0 Å². The van der Waals surface area contributed by atoms with Gasteiger partial charge in [-0.05, 0) is 56.2 Å². The van der Waals surface area contributed by atoms with E-state index in [9.17, 15) is 9.59 Å². The molecule has 6 heteroatoms. The molecule has 0 saturated heterocycles. The van der Waals surface area contributed by atoms with Gasteiger partial charge in [-0.15, -0.1) is 0 Å². The van der Waals surface area contributed by atoms with Crippen molar-refractivity contribution in [2.45, 2.75) is 20.3 Å². The van der Waals surface area contributed by atoms with Crippen molar-refractivity contribution in [3.63, 3.8) is 0 Å². The summed E-state index contributed by atoms with van der Waals surface area (Å²) in [5.41, 5.74) is 1.61. The first-order valence-electron chi connectivity index (χ1n) is 8.78. The quantitative estimate of drug-likeness (QED) is 0.559. The number of halogens is 1. The molecule has 0 unspecified atom stereocenters. The summed E-state index contributed by atoms with van der Waals surface area (Å²) in [4.78, 5) is 28.3. The highest BCUT2D eigenvalue weighted by molar-refractivity contribution is 6.30. The number of rotatable bonds is 6. The van der Waals surface area contributed by atoms with Crippen molar-refractivity contribution in [1.29, 1.82) is 0 Å². The summed E-state index contributed by atoms with van der Waals surface area (Å²) in [6.07, 6.45) is 2.64. The van der Waals surface area contributed by atoms with Crippen LogP contribution in [0.5, 0.6) is 0 Å². The second kappa shape index (κ2) is 7.84. The molecule has 3 rings (SSSR count). The minimum Gasteiger partial charge on any atom is -0.361 e. The summed E-state index contributed by atoms with van der Waals surface area (Å²) in [5, 5.41) is 7.35. The van der Waals surface area contributed by atoms with Crippen LogP contribution < -0.4 is 10.6 Å². The molecule has 0 saturated carbocycles. The highest BCUT2D eigenvalue weighted by Crippen LogP contribution is 2.21. The molecule has 2 amide bonds. The van der Waals surface area contributed by atoms with Gasteiger partial charge >= 0.3 is 0 Å². The summed E-state index contributed by atoms with van der Waals surface area (Å²) >= 11 is 5.85. The predicted molar refractivity (Wildman–Crippen MR) is 109 cm³/mol. The molecule has 0 aliphatic heterocycles. The number of carbonyl (C=O) groups excluding carboxylic acids is 2. The third kappa shape index (κ3) is 4.31. The zero-order valence-electron chi connectivity index (χ0n) is 15.3. The fourth-order valence-corrected chi connectivity index (χ4v) is 2.92. The molecule has 3 N–H and O–H groups in total. The van der Waals surface area contributed by atoms with Crippen molar-refractivity contribution < 1.29 is 9.59 Å². The zero-order valence-corrected chi connectivity index (χ0v) is 16.1. The van der Waals surface area contributed by atoms with Crippen LogP contribution in [-0.2, 0) is 16.0 Å². The van der Waals surface area contributed by atoms with Crippen LogP contribution >= 0.6 is 11.6 Å². The molecular weight excluding hydrogens is 362 g/mol. The van der Waals surface area contributed by atoms with Crippen molar-refractivity contribution in [3.8, 4) is 0 Å². The average Bonchev–Trinajstić information content (AvgIpc) is 3.06. The van der Waals surface area contributed by atoms with Gasteiger partial charge in [-0.25, -0.2) is 0 Å². The zero-order chi connectivity index (χ0) is 19.4. The van der Waals surface area contributed by atoms with Gasteiger partial charge in [0.15, 0.2) is 0 Å². The molecule has 5 nitrogen and oxygen atoms in total. The molecule has 0 spiro atoms. The lowest BCUT2D eigenvalue weighted by atomic mass is 9.91. The monoisotopic (exact) mass is 383 g/mol. The first-order chi connectivity index (χ1) is 12.9. The molecule has 2 aromatic carbocycles. The Bertz CT molecular complexity index is 961. The fourth-order valence-electron chi connectivity index (χ4n) is 2.79. The maximum absolute atomic E-state index is 12.5. The maximum atomic E-state index is 12.5. The van der Waals surface area contributed by atoms with Crippen LogP contribution in [-0.4, -0.2) is 23.3 Å². The van der Waals surface area contributed by atoms with E-state index in [0.717, 1.165) is 16.5 Å². The van der Waals surface area contributed by atoms with Crippen molar-refractivity contribution in [1.82, 2.24) is 10.3 Å². The molecular formula is C21H22ClN3O2. The van der Waals surface area contributed by atoms with Crippen LogP contribution in [0.4, 0.5) is 5.69 Å². The van der Waals surface area contributed by atoms with Gasteiger partial charge in [-0.1, -0.05) is 29.8 Å².